The van der Waals surface area contributed by atoms with Gasteiger partial charge in [0.15, 0.2) is 0 Å². The molecule has 6 N–H and O–H groups in total. The van der Waals surface area contributed by atoms with Crippen LogP contribution in [0.3, 0.4) is 0 Å². The molecule has 0 fully saturated rings. The van der Waals surface area contributed by atoms with E-state index in [1.807, 2.05) is 121 Å². The molecule has 0 spiro atoms. The third-order valence-electron chi connectivity index (χ3n) is 8.62. The molecule has 0 radical (unpaired) electrons. The highest BCUT2D eigenvalue weighted by Gasteiger charge is 2.63. The van der Waals surface area contributed by atoms with Crippen LogP contribution in [0.15, 0.2) is 24.3 Å². The van der Waals surface area contributed by atoms with Gasteiger partial charge in [0.2, 0.25) is 0 Å². The largest absolute Gasteiger partial charge is 0.482 e. The topological polar surface area (TPSA) is 174 Å². The van der Waals surface area contributed by atoms with E-state index >= 15 is 0 Å². The summed E-state index contributed by atoms with van der Waals surface area (Å²) in [5.41, 5.74) is -2.75. The monoisotopic (exact) mass is 700 g/mol. The Morgan fingerprint density at radius 3 is 1.00 bits per heavy atom. The molecule has 268 valence electrons. The molecule has 47 heavy (non-hydrogen) atoms. The maximum atomic E-state index is 14.1. The number of phosphoric acid groups is 2. The molecule has 10 nitrogen and oxygen atoms in total. The zero-order chi connectivity index (χ0) is 37.0. The lowest BCUT2D eigenvalue weighted by atomic mass is 9.56. The molecule has 0 aliphatic rings. The van der Waals surface area contributed by atoms with Gasteiger partial charge in [-0.2, -0.15) is 4.31 Å². The van der Waals surface area contributed by atoms with Crippen molar-refractivity contribution >= 4 is 15.6 Å². The van der Waals surface area contributed by atoms with E-state index in [0.717, 1.165) is 11.1 Å². The van der Waals surface area contributed by atoms with E-state index in [1.54, 1.807) is 0 Å². The van der Waals surface area contributed by atoms with E-state index in [0.29, 0.717) is 22.3 Å². The van der Waals surface area contributed by atoms with Crippen molar-refractivity contribution in [3.8, 4) is 0 Å². The molecule has 2 rings (SSSR count). The van der Waals surface area contributed by atoms with Gasteiger partial charge in [0.25, 0.3) is 0 Å². The van der Waals surface area contributed by atoms with Crippen molar-refractivity contribution in [3.63, 3.8) is 0 Å². The summed E-state index contributed by atoms with van der Waals surface area (Å²) in [6.45, 7) is 24.2. The lowest BCUT2D eigenvalue weighted by molar-refractivity contribution is -0.131. The molecule has 0 amide bonds. The first-order valence-corrected chi connectivity index (χ1v) is 18.8. The second-order valence-electron chi connectivity index (χ2n) is 17.0. The number of benzene rings is 2. The van der Waals surface area contributed by atoms with Gasteiger partial charge in [0.1, 0.15) is 5.60 Å². The number of aliphatic hydroxyl groups excluding tert-OH is 3. The zero-order valence-corrected chi connectivity index (χ0v) is 32.4. The standard InChI is InChI=1S/C35H58O10P2/c1-22-15-24(30(3,4)5)28(25(16-22)31(6,7)8)35(34(19-36,20-37)21-38,44-47(42,43)45-46(39,40)41)29-26(32(9,10)11)17-23(2)18-27(29)33(12,13)14/h15-18,36-38H,19-21H2,1-14H3,(H,42,43)(H2,39,40,41). The molecule has 0 bridgehead atoms. The number of phosphoric ester groups is 1. The minimum absolute atomic E-state index is 0.281. The highest BCUT2D eigenvalue weighted by molar-refractivity contribution is 7.60. The first-order chi connectivity index (χ1) is 20.8. The Balaban J connectivity index is 3.83. The van der Waals surface area contributed by atoms with Gasteiger partial charge in [0.05, 0.1) is 25.2 Å². The number of hydrogen-bond donors (Lipinski definition) is 6. The third-order valence-corrected chi connectivity index (χ3v) is 10.8. The second kappa shape index (κ2) is 13.4. The Labute approximate surface area is 281 Å². The normalized spacial score (nSPS) is 15.6. The fourth-order valence-corrected chi connectivity index (χ4v) is 8.28. The van der Waals surface area contributed by atoms with E-state index in [1.165, 1.54) is 0 Å². The summed E-state index contributed by atoms with van der Waals surface area (Å²) in [6.07, 6.45) is 0. The van der Waals surface area contributed by atoms with Crippen molar-refractivity contribution in [2.75, 3.05) is 19.8 Å². The number of hydrogen-bond acceptors (Lipinski definition) is 7. The number of aliphatic hydroxyl groups is 3. The minimum Gasteiger partial charge on any atom is -0.395 e. The van der Waals surface area contributed by atoms with Crippen LogP contribution in [0, 0.1) is 19.3 Å². The summed E-state index contributed by atoms with van der Waals surface area (Å²) >= 11 is 0. The molecule has 2 aromatic carbocycles. The number of rotatable bonds is 10. The summed E-state index contributed by atoms with van der Waals surface area (Å²) in [6, 6.07) is 7.58. The van der Waals surface area contributed by atoms with Crippen LogP contribution in [0.2, 0.25) is 0 Å². The van der Waals surface area contributed by atoms with Gasteiger partial charge < -0.3 is 30.0 Å². The van der Waals surface area contributed by atoms with E-state index in [9.17, 15) is 39.1 Å². The molecule has 0 aliphatic heterocycles. The maximum absolute atomic E-state index is 14.1. The van der Waals surface area contributed by atoms with Crippen LogP contribution < -0.4 is 0 Å². The van der Waals surface area contributed by atoms with E-state index in [2.05, 4.69) is 4.31 Å². The molecule has 12 heteroatoms. The Morgan fingerprint density at radius 1 is 0.553 bits per heavy atom. The van der Waals surface area contributed by atoms with Crippen molar-refractivity contribution in [2.45, 2.75) is 124 Å². The lowest BCUT2D eigenvalue weighted by Gasteiger charge is -2.54. The van der Waals surface area contributed by atoms with Crippen LogP contribution in [-0.4, -0.2) is 49.8 Å². The summed E-state index contributed by atoms with van der Waals surface area (Å²) in [5, 5.41) is 34.1. The highest BCUT2D eigenvalue weighted by Crippen LogP contribution is 2.67. The SMILES string of the molecule is Cc1cc(C(C)(C)C)c(C(OP(=O)(O)OP(=O)(O)O)(c2c(C(C)(C)C)cc(C)cc2C(C)(C)C)C(CO)(CO)CO)c(C(C)(C)C)c1. The van der Waals surface area contributed by atoms with Crippen molar-refractivity contribution in [1.29, 1.82) is 0 Å². The van der Waals surface area contributed by atoms with E-state index in [-0.39, 0.29) is 11.1 Å². The quantitative estimate of drug-likeness (QED) is 0.143. The second-order valence-corrected chi connectivity index (χ2v) is 19.8. The van der Waals surface area contributed by atoms with E-state index in [4.69, 9.17) is 4.52 Å². The zero-order valence-electron chi connectivity index (χ0n) is 30.6. The molecule has 0 aromatic heterocycles. The molecule has 0 aliphatic carbocycles. The molecule has 2 aromatic rings. The third kappa shape index (κ3) is 8.67. The van der Waals surface area contributed by atoms with Gasteiger partial charge in [-0.1, -0.05) is 118 Å². The van der Waals surface area contributed by atoms with Gasteiger partial charge in [-0.3, -0.25) is 4.52 Å². The fraction of sp³-hybridized carbons (Fsp3) is 0.657. The Kier molecular flexibility index (Phi) is 11.9. The molecular formula is C35H58O10P2. The van der Waals surface area contributed by atoms with Crippen LogP contribution >= 0.6 is 15.6 Å². The van der Waals surface area contributed by atoms with Gasteiger partial charge >= 0.3 is 15.6 Å². The van der Waals surface area contributed by atoms with Crippen LogP contribution in [0.1, 0.15) is 128 Å². The van der Waals surface area contributed by atoms with Gasteiger partial charge in [-0.25, -0.2) is 9.13 Å². The van der Waals surface area contributed by atoms with Crippen molar-refractivity contribution in [2.24, 2.45) is 5.41 Å². The van der Waals surface area contributed by atoms with Crippen LogP contribution in [0.25, 0.3) is 0 Å². The Hall–Kier alpha value is -1.42. The summed E-state index contributed by atoms with van der Waals surface area (Å²) in [7, 11) is -11.5. The summed E-state index contributed by atoms with van der Waals surface area (Å²) < 4.78 is 37.2. The van der Waals surface area contributed by atoms with Crippen molar-refractivity contribution < 1.29 is 48.0 Å². The highest BCUT2D eigenvalue weighted by atomic mass is 31.3. The minimum atomic E-state index is -5.81. The average Bonchev–Trinajstić information content (AvgIpc) is 2.84. The van der Waals surface area contributed by atoms with Gasteiger partial charge in [-0.05, 0) is 68.9 Å². The maximum Gasteiger partial charge on any atom is 0.482 e. The van der Waals surface area contributed by atoms with E-state index < -0.39 is 68.1 Å². The first kappa shape index (κ1) is 41.7. The smallest absolute Gasteiger partial charge is 0.395 e. The predicted octanol–water partition coefficient (Wildman–Crippen LogP) is 6.93. The molecular weight excluding hydrogens is 642 g/mol. The Bertz CT molecular complexity index is 1380. The summed E-state index contributed by atoms with van der Waals surface area (Å²) in [4.78, 5) is 31.0. The lowest BCUT2D eigenvalue weighted by Crippen LogP contribution is -2.58. The van der Waals surface area contributed by atoms with Crippen LogP contribution in [0.4, 0.5) is 0 Å². The van der Waals surface area contributed by atoms with Gasteiger partial charge in [0, 0.05) is 0 Å². The summed E-state index contributed by atoms with van der Waals surface area (Å²) in [5.74, 6) is 0. The van der Waals surface area contributed by atoms with Crippen molar-refractivity contribution in [3.05, 3.63) is 68.8 Å². The predicted molar refractivity (Wildman–Crippen MR) is 186 cm³/mol. The molecule has 1 atom stereocenters. The fourth-order valence-electron chi connectivity index (χ4n) is 6.35. The van der Waals surface area contributed by atoms with Crippen molar-refractivity contribution in [1.82, 2.24) is 0 Å². The molecule has 0 heterocycles. The molecule has 1 unspecified atom stereocenters. The Morgan fingerprint density at radius 2 is 0.809 bits per heavy atom. The van der Waals surface area contributed by atoms with Gasteiger partial charge in [-0.15, -0.1) is 0 Å². The number of aryl methyl sites for hydroxylation is 2. The van der Waals surface area contributed by atoms with Crippen LogP contribution in [0.5, 0.6) is 0 Å². The average molecular weight is 701 g/mol. The first-order valence-electron chi connectivity index (χ1n) is 15.8. The molecule has 0 saturated carbocycles. The van der Waals surface area contributed by atoms with Crippen LogP contribution in [-0.2, 0) is 45.2 Å². The molecule has 0 saturated heterocycles.